The van der Waals surface area contributed by atoms with Gasteiger partial charge in [0.15, 0.2) is 0 Å². The first-order valence-corrected chi connectivity index (χ1v) is 3.92. The molecule has 0 saturated heterocycles. The maximum atomic E-state index is 3.78. The van der Waals surface area contributed by atoms with Crippen LogP contribution in [0.4, 0.5) is 0 Å². The van der Waals surface area contributed by atoms with E-state index >= 15 is 0 Å². The molecule has 0 nitrogen and oxygen atoms in total. The summed E-state index contributed by atoms with van der Waals surface area (Å²) < 4.78 is 0. The van der Waals surface area contributed by atoms with Gasteiger partial charge in [0.1, 0.15) is 0 Å². The molecule has 0 aromatic heterocycles. The molecule has 0 radical (unpaired) electrons. The van der Waals surface area contributed by atoms with Crippen LogP contribution in [0.25, 0.3) is 0 Å². The van der Waals surface area contributed by atoms with Crippen molar-refractivity contribution in [3.8, 4) is 0 Å². The van der Waals surface area contributed by atoms with Gasteiger partial charge >= 0.3 is 0 Å². The molecule has 0 unspecified atom stereocenters. The molecule has 1 rings (SSSR count). The number of benzene rings is 1. The van der Waals surface area contributed by atoms with E-state index in [1.807, 2.05) is 12.1 Å². The van der Waals surface area contributed by atoms with Crippen LogP contribution < -0.4 is 0 Å². The zero-order valence-electron chi connectivity index (χ0n) is 7.42. The van der Waals surface area contributed by atoms with Crippen LogP contribution in [0.2, 0.25) is 0 Å². The molecule has 0 heterocycles. The molecule has 0 atom stereocenters. The minimum Gasteiger partial charge on any atom is -0.358 e. The molecule has 1 aromatic rings. The predicted octanol–water partition coefficient (Wildman–Crippen LogP) is 3.66. The fourth-order valence-corrected chi connectivity index (χ4v) is 1.00. The molecular weight excluding hydrogens is 395 g/mol. The number of rotatable bonds is 1. The first-order chi connectivity index (χ1) is 4.33. The third-order valence-corrected chi connectivity index (χ3v) is 1.82. The van der Waals surface area contributed by atoms with Crippen molar-refractivity contribution in [1.82, 2.24) is 0 Å². The summed E-state index contributed by atoms with van der Waals surface area (Å²) >= 11 is 3.36. The van der Waals surface area contributed by atoms with Crippen LogP contribution in [0.5, 0.6) is 0 Å². The van der Waals surface area contributed by atoms with Gasteiger partial charge in [0.05, 0.1) is 0 Å². The Morgan fingerprint density at radius 1 is 1.08 bits per heavy atom. The topological polar surface area (TPSA) is 0 Å². The largest absolute Gasteiger partial charge is 0.358 e. The minimum absolute atomic E-state index is 0. The second kappa shape index (κ2) is 9.35. The Labute approximate surface area is 99.2 Å². The van der Waals surface area contributed by atoms with E-state index in [2.05, 4.69) is 35.0 Å². The van der Waals surface area contributed by atoms with Crippen LogP contribution in [0.15, 0.2) is 24.3 Å². The summed E-state index contributed by atoms with van der Waals surface area (Å²) in [5.41, 5.74) is 2.36. The average molecular weight is 409 g/mol. The second-order valence-corrected chi connectivity index (χ2v) is 2.51. The van der Waals surface area contributed by atoms with Crippen LogP contribution >= 0.6 is 15.9 Å². The molecular formula is C10H14BrPt-3. The molecule has 0 bridgehead atoms. The number of hydrogen-bond donors (Lipinski definition) is 0. The maximum Gasteiger partial charge on any atom is 0.0262 e. The quantitative estimate of drug-likeness (QED) is 0.491. The Morgan fingerprint density at radius 3 is 1.83 bits per heavy atom. The van der Waals surface area contributed by atoms with Gasteiger partial charge in [0.25, 0.3) is 0 Å². The van der Waals surface area contributed by atoms with E-state index < -0.39 is 0 Å². The van der Waals surface area contributed by atoms with Gasteiger partial charge in [-0.15, -0.1) is 12.1 Å². The van der Waals surface area contributed by atoms with Crippen molar-refractivity contribution >= 4 is 15.9 Å². The fraction of sp³-hybridized carbons (Fsp3) is 0.100. The Morgan fingerprint density at radius 2 is 1.50 bits per heavy atom. The van der Waals surface area contributed by atoms with Gasteiger partial charge in [-0.2, -0.15) is 24.6 Å². The Bertz CT molecular complexity index is 182. The van der Waals surface area contributed by atoms with E-state index in [1.165, 1.54) is 5.56 Å². The summed E-state index contributed by atoms with van der Waals surface area (Å²) in [5, 5.41) is 0.924. The third-order valence-electron chi connectivity index (χ3n) is 1.18. The van der Waals surface area contributed by atoms with E-state index in [9.17, 15) is 0 Å². The van der Waals surface area contributed by atoms with Gasteiger partial charge in [0, 0.05) is 26.4 Å². The Kier molecular flexibility index (Phi) is 14.1. The Balaban J connectivity index is -0.000000270. The standard InChI is InChI=1S/C8H8Br.2CH3.Pt/c1-7-2-4-8(6-9)5-3-7;;;/h2-5H,1,6H2;2*1H3;/q3*-1;. The summed E-state index contributed by atoms with van der Waals surface area (Å²) in [6.07, 6.45) is 0. The van der Waals surface area contributed by atoms with Gasteiger partial charge < -0.3 is 14.9 Å². The molecule has 0 spiro atoms. The number of halogens is 1. The second-order valence-electron chi connectivity index (χ2n) is 1.95. The summed E-state index contributed by atoms with van der Waals surface area (Å²) in [4.78, 5) is 0. The molecule has 1 aromatic carbocycles. The van der Waals surface area contributed by atoms with Crippen molar-refractivity contribution in [2.24, 2.45) is 0 Å². The molecule has 0 saturated carbocycles. The van der Waals surface area contributed by atoms with E-state index in [4.69, 9.17) is 0 Å². The summed E-state index contributed by atoms with van der Waals surface area (Å²) in [6, 6.07) is 8.15. The minimum atomic E-state index is 0. The fourth-order valence-electron chi connectivity index (χ4n) is 0.628. The molecule has 0 amide bonds. The molecule has 0 fully saturated rings. The van der Waals surface area contributed by atoms with E-state index in [1.54, 1.807) is 0 Å². The van der Waals surface area contributed by atoms with E-state index in [0.29, 0.717) is 0 Å². The average Bonchev–Trinajstić information content (AvgIpc) is 1.90. The van der Waals surface area contributed by atoms with Crippen molar-refractivity contribution in [3.05, 3.63) is 57.2 Å². The third kappa shape index (κ3) is 5.85. The summed E-state index contributed by atoms with van der Waals surface area (Å²) in [7, 11) is 0. The maximum absolute atomic E-state index is 3.78. The molecule has 2 heteroatoms. The van der Waals surface area contributed by atoms with Crippen molar-refractivity contribution in [2.45, 2.75) is 5.33 Å². The van der Waals surface area contributed by atoms with Crippen molar-refractivity contribution in [3.63, 3.8) is 0 Å². The SMILES string of the molecule is [CH2-]c1ccc(CBr)cc1.[CH3-].[CH3-].[Pt]. The molecule has 0 aliphatic carbocycles. The van der Waals surface area contributed by atoms with Gasteiger partial charge in [-0.1, -0.05) is 21.5 Å². The molecule has 0 aliphatic rings. The van der Waals surface area contributed by atoms with Crippen molar-refractivity contribution < 1.29 is 21.1 Å². The molecule has 0 N–H and O–H groups in total. The van der Waals surface area contributed by atoms with Crippen LogP contribution in [0, 0.1) is 21.8 Å². The number of alkyl halides is 1. The van der Waals surface area contributed by atoms with Crippen molar-refractivity contribution in [2.75, 3.05) is 0 Å². The van der Waals surface area contributed by atoms with Gasteiger partial charge in [-0.05, 0) is 0 Å². The van der Waals surface area contributed by atoms with Gasteiger partial charge in [-0.25, -0.2) is 0 Å². The first kappa shape index (κ1) is 18.1. The Hall–Kier alpha value is 0.258. The van der Waals surface area contributed by atoms with Crippen LogP contribution in [-0.4, -0.2) is 0 Å². The van der Waals surface area contributed by atoms with Crippen LogP contribution in [-0.2, 0) is 26.4 Å². The summed E-state index contributed by atoms with van der Waals surface area (Å²) in [5.74, 6) is 0. The first-order valence-electron chi connectivity index (χ1n) is 2.80. The van der Waals surface area contributed by atoms with Crippen molar-refractivity contribution in [1.29, 1.82) is 0 Å². The van der Waals surface area contributed by atoms with Crippen LogP contribution in [0.1, 0.15) is 11.1 Å². The zero-order valence-corrected chi connectivity index (χ0v) is 11.3. The van der Waals surface area contributed by atoms with E-state index in [-0.39, 0.29) is 35.9 Å². The zero-order chi connectivity index (χ0) is 6.69. The smallest absolute Gasteiger partial charge is 0.0262 e. The predicted molar refractivity (Wildman–Crippen MR) is 56.4 cm³/mol. The summed E-state index contributed by atoms with van der Waals surface area (Å²) in [6.45, 7) is 3.78. The van der Waals surface area contributed by atoms with Crippen LogP contribution in [0.3, 0.4) is 0 Å². The normalized spacial score (nSPS) is 7.08. The number of hydrogen-bond acceptors (Lipinski definition) is 0. The monoisotopic (exact) mass is 408 g/mol. The molecule has 0 aliphatic heterocycles. The van der Waals surface area contributed by atoms with Gasteiger partial charge in [-0.3, -0.25) is 0 Å². The van der Waals surface area contributed by atoms with Gasteiger partial charge in [0.2, 0.25) is 0 Å². The molecule has 12 heavy (non-hydrogen) atoms. The molecule has 74 valence electrons. The van der Waals surface area contributed by atoms with E-state index in [0.717, 1.165) is 10.9 Å².